The average Bonchev–Trinajstić information content (AvgIpc) is 4.02. The zero-order valence-electron chi connectivity index (χ0n) is 46.9. The molecule has 25 heteroatoms. The lowest BCUT2D eigenvalue weighted by Crippen LogP contribution is -2.47. The van der Waals surface area contributed by atoms with Crippen molar-refractivity contribution < 1.29 is 51.2 Å². The molecule has 0 saturated carbocycles. The minimum atomic E-state index is -3.56. The summed E-state index contributed by atoms with van der Waals surface area (Å²) in [6.07, 6.45) is 0.854. The lowest BCUT2D eigenvalue weighted by Gasteiger charge is -2.42. The molecule has 7 aromatic rings. The highest BCUT2D eigenvalue weighted by Gasteiger charge is 2.34. The molecule has 0 bridgehead atoms. The minimum absolute atomic E-state index is 0.164. The number of aliphatic carboxylic acids is 1. The monoisotopic (exact) mass is 1200 g/mol. The Morgan fingerprint density at radius 2 is 1.63 bits per heavy atom. The molecule has 2 aromatic heterocycles. The smallest absolute Gasteiger partial charge is 0.304 e. The number of nitrogens with one attached hydrogen (secondary N) is 3. The maximum atomic E-state index is 13.0. The molecule has 0 radical (unpaired) electrons. The first-order valence-corrected chi connectivity index (χ1v) is 30.7. The van der Waals surface area contributed by atoms with Crippen LogP contribution in [0.15, 0.2) is 119 Å². The van der Waals surface area contributed by atoms with E-state index in [1.807, 2.05) is 56.3 Å². The number of ether oxygens (including phenoxy) is 4. The number of fused-ring (bicyclic) bond motifs is 2. The van der Waals surface area contributed by atoms with Crippen molar-refractivity contribution in [2.75, 3.05) is 94.4 Å². The zero-order chi connectivity index (χ0) is 58.8. The van der Waals surface area contributed by atoms with E-state index in [1.54, 1.807) is 85.9 Å². The van der Waals surface area contributed by atoms with Gasteiger partial charge in [-0.25, -0.2) is 18.1 Å². The Balaban J connectivity index is 0.688. The van der Waals surface area contributed by atoms with Crippen LogP contribution in [-0.2, 0) is 42.5 Å². The van der Waals surface area contributed by atoms with Gasteiger partial charge in [0.1, 0.15) is 38.6 Å². The summed E-state index contributed by atoms with van der Waals surface area (Å²) < 4.78 is 76.1. The summed E-state index contributed by atoms with van der Waals surface area (Å²) in [6, 6.07) is 30.7. The van der Waals surface area contributed by atoms with E-state index in [4.69, 9.17) is 30.5 Å². The number of carbonyl (C=O) groups is 2. The predicted octanol–water partition coefficient (Wildman–Crippen LogP) is 8.65. The highest BCUT2D eigenvalue weighted by molar-refractivity contribution is 8.22. The van der Waals surface area contributed by atoms with Gasteiger partial charge in [0.15, 0.2) is 22.3 Å². The van der Waals surface area contributed by atoms with Gasteiger partial charge in [0.05, 0.1) is 61.4 Å². The van der Waals surface area contributed by atoms with Gasteiger partial charge in [-0.3, -0.25) is 23.6 Å². The van der Waals surface area contributed by atoms with Gasteiger partial charge < -0.3 is 44.9 Å². The van der Waals surface area contributed by atoms with Crippen molar-refractivity contribution in [3.05, 3.63) is 137 Å². The van der Waals surface area contributed by atoms with Gasteiger partial charge in [-0.15, -0.1) is 15.9 Å². The third-order valence-corrected chi connectivity index (χ3v) is 18.8. The molecule has 442 valence electrons. The Morgan fingerprint density at radius 1 is 0.892 bits per heavy atom. The fourth-order valence-corrected chi connectivity index (χ4v) is 12.9. The molecule has 6 N–H and O–H groups in total. The van der Waals surface area contributed by atoms with Crippen molar-refractivity contribution in [3.63, 3.8) is 0 Å². The van der Waals surface area contributed by atoms with Crippen molar-refractivity contribution in [3.8, 4) is 11.5 Å². The largest absolute Gasteiger partial charge is 0.487 e. The Bertz CT molecular complexity index is 3510. The summed E-state index contributed by atoms with van der Waals surface area (Å²) in [6.45, 7) is 13.2. The van der Waals surface area contributed by atoms with Crippen LogP contribution in [0.25, 0.3) is 11.0 Å². The number of aromatic nitrogens is 5. The van der Waals surface area contributed by atoms with Crippen molar-refractivity contribution in [1.29, 1.82) is 0 Å². The Kier molecular flexibility index (Phi) is 19.7. The molecule has 22 nitrogen and oxygen atoms in total. The van der Waals surface area contributed by atoms with E-state index in [1.165, 1.54) is 10.9 Å². The van der Waals surface area contributed by atoms with Crippen LogP contribution in [0, 0.1) is 6.92 Å². The topological polar surface area (TPSA) is 268 Å². The summed E-state index contributed by atoms with van der Waals surface area (Å²) >= 11 is 6.43. The third-order valence-electron chi connectivity index (χ3n) is 14.4. The predicted molar refractivity (Wildman–Crippen MR) is 319 cm³/mol. The Hall–Kier alpha value is -7.13. The number of aryl methyl sites for hydroxylation is 2. The first-order valence-electron chi connectivity index (χ1n) is 27.3. The SMILES string of the molecule is Cc1ccc(C(CC(=O)O)c2cc(OCC(=O)NCCOCCOCCN3CCN(c4ccc(Nc5ncc(Cl)c(Nc6ccccc6S(=O)(=O)C(C)C)n5)cc4)CC3)c3c(c2)nnn3C)cc1CN1CC(C)Oc2ccccc2S1(O)O. The molecule has 1 fully saturated rings. The number of carboxylic acid groups (broad SMARTS) is 1. The molecule has 0 aliphatic carbocycles. The fraction of sp³-hybridized carbons (Fsp3) is 0.379. The van der Waals surface area contributed by atoms with E-state index in [9.17, 15) is 32.2 Å². The zero-order valence-corrected chi connectivity index (χ0v) is 49.3. The summed E-state index contributed by atoms with van der Waals surface area (Å²) in [7, 11) is -5.29. The van der Waals surface area contributed by atoms with Crippen LogP contribution in [0.3, 0.4) is 0 Å². The van der Waals surface area contributed by atoms with E-state index < -0.39 is 37.8 Å². The molecule has 2 unspecified atom stereocenters. The molecule has 0 spiro atoms. The van der Waals surface area contributed by atoms with Crippen LogP contribution in [0.1, 0.15) is 55.4 Å². The number of hydrogen-bond donors (Lipinski definition) is 6. The number of amides is 1. The highest BCUT2D eigenvalue weighted by Crippen LogP contribution is 2.57. The number of nitrogens with zero attached hydrogens (tertiary/aromatic N) is 8. The van der Waals surface area contributed by atoms with Crippen LogP contribution in [0.4, 0.5) is 28.8 Å². The van der Waals surface area contributed by atoms with Crippen LogP contribution in [0.5, 0.6) is 11.5 Å². The number of piperazine rings is 1. The lowest BCUT2D eigenvalue weighted by molar-refractivity contribution is -0.137. The van der Waals surface area contributed by atoms with Gasteiger partial charge in [0.2, 0.25) is 5.95 Å². The number of carbonyl (C=O) groups excluding carboxylic acids is 1. The summed E-state index contributed by atoms with van der Waals surface area (Å²) in [4.78, 5) is 39.5. The summed E-state index contributed by atoms with van der Waals surface area (Å²) in [5, 5.41) is 27.4. The molecule has 9 rings (SSSR count). The first kappa shape index (κ1) is 60.5. The second kappa shape index (κ2) is 27.1. The number of sulfone groups is 1. The number of para-hydroxylation sites is 2. The highest BCUT2D eigenvalue weighted by atomic mass is 35.5. The van der Waals surface area contributed by atoms with Gasteiger partial charge >= 0.3 is 5.97 Å². The number of anilines is 5. The number of carboxylic acids is 1. The van der Waals surface area contributed by atoms with E-state index in [0.29, 0.717) is 70.0 Å². The van der Waals surface area contributed by atoms with Crippen LogP contribution >= 0.6 is 22.4 Å². The van der Waals surface area contributed by atoms with E-state index in [-0.39, 0.29) is 67.0 Å². The van der Waals surface area contributed by atoms with Crippen molar-refractivity contribution in [2.24, 2.45) is 7.05 Å². The van der Waals surface area contributed by atoms with Gasteiger partial charge in [-0.2, -0.15) is 9.29 Å². The fourth-order valence-electron chi connectivity index (χ4n) is 9.87. The molecular formula is C58H70ClN11O11S2. The van der Waals surface area contributed by atoms with Crippen molar-refractivity contribution in [1.82, 2.24) is 39.5 Å². The average molecular weight is 1200 g/mol. The normalized spacial score (nSPS) is 16.4. The Morgan fingerprint density at radius 3 is 2.39 bits per heavy atom. The Labute approximate surface area is 489 Å². The summed E-state index contributed by atoms with van der Waals surface area (Å²) in [5.41, 5.74) is 6.19. The summed E-state index contributed by atoms with van der Waals surface area (Å²) in [5.74, 6) is -0.772. The van der Waals surface area contributed by atoms with Crippen LogP contribution in [0.2, 0.25) is 5.02 Å². The second-order valence-corrected chi connectivity index (χ2v) is 25.5. The molecule has 1 amide bonds. The van der Waals surface area contributed by atoms with Crippen LogP contribution < -0.4 is 30.3 Å². The standard InChI is InChI=1S/C58H70ClN11O11S2/c1-38(2)82(74,75)52-12-8-6-10-48(52)63-57-47(59)34-61-58(64-57)62-44-16-18-45(19-17-44)69-23-21-68(22-24-69)25-27-79-29-28-78-26-20-60-54(71)37-80-51-32-42(31-49-56(51)67(5)66-65-49)46(33-55(72)73)41-15-14-39(3)43(30-41)36-70-35-40(4)81-50-11-7-9-13-53(50)83(70,76)77/h6-19,30-32,34,38,40,46,76-77H,20-29,33,35-37H2,1-5H3,(H,60,71)(H,72,73)(H2,61,62,63,64). The van der Waals surface area contributed by atoms with Gasteiger partial charge in [0, 0.05) is 70.2 Å². The number of halogens is 1. The first-order chi connectivity index (χ1) is 39.8. The molecule has 83 heavy (non-hydrogen) atoms. The van der Waals surface area contributed by atoms with E-state index >= 15 is 0 Å². The number of hydrogen-bond acceptors (Lipinski definition) is 19. The number of benzene rings is 5. The van der Waals surface area contributed by atoms with Gasteiger partial charge in [-0.05, 0) is 111 Å². The second-order valence-electron chi connectivity index (χ2n) is 20.6. The van der Waals surface area contributed by atoms with Gasteiger partial charge in [-0.1, -0.05) is 59.3 Å². The van der Waals surface area contributed by atoms with Gasteiger partial charge in [0.25, 0.3) is 5.91 Å². The molecular weight excluding hydrogens is 1130 g/mol. The van der Waals surface area contributed by atoms with Crippen molar-refractivity contribution in [2.45, 2.75) is 67.7 Å². The maximum Gasteiger partial charge on any atom is 0.304 e. The molecule has 2 atom stereocenters. The number of rotatable bonds is 25. The minimum Gasteiger partial charge on any atom is -0.487 e. The van der Waals surface area contributed by atoms with Crippen molar-refractivity contribution >= 4 is 84.0 Å². The molecule has 2 aliphatic rings. The quantitative estimate of drug-likeness (QED) is 0.0292. The molecule has 5 aromatic carbocycles. The van der Waals surface area contributed by atoms with E-state index in [0.717, 1.165) is 55.2 Å². The maximum absolute atomic E-state index is 13.0. The molecule has 4 heterocycles. The third kappa shape index (κ3) is 15.0. The van der Waals surface area contributed by atoms with Crippen LogP contribution in [-0.4, -0.2) is 159 Å². The molecule has 2 aliphatic heterocycles. The lowest BCUT2D eigenvalue weighted by atomic mass is 9.86. The van der Waals surface area contributed by atoms with E-state index in [2.05, 4.69) is 46.0 Å². The molecule has 1 saturated heterocycles.